The molecule has 118 valence electrons. The Hall–Kier alpha value is -0.530. The van der Waals surface area contributed by atoms with Gasteiger partial charge < -0.3 is 14.8 Å². The van der Waals surface area contributed by atoms with E-state index in [0.29, 0.717) is 10.0 Å². The Morgan fingerprint density at radius 1 is 1.27 bits per heavy atom. The molecule has 0 radical (unpaired) electrons. The van der Waals surface area contributed by atoms with Crippen LogP contribution in [-0.4, -0.2) is 57.3 Å². The molecule has 3 rings (SSSR count). The van der Waals surface area contributed by atoms with E-state index >= 15 is 0 Å². The van der Waals surface area contributed by atoms with Gasteiger partial charge >= 0.3 is 0 Å². The molecule has 0 spiro atoms. The molecule has 0 bridgehead atoms. The van der Waals surface area contributed by atoms with Gasteiger partial charge in [-0.3, -0.25) is 0 Å². The van der Waals surface area contributed by atoms with Crippen LogP contribution in [0.4, 0.5) is 0 Å². The van der Waals surface area contributed by atoms with Gasteiger partial charge in [-0.15, -0.1) is 0 Å². The number of nitrogens with one attached hydrogen (secondary N) is 1. The van der Waals surface area contributed by atoms with Crippen LogP contribution in [0.3, 0.4) is 0 Å². The lowest BCUT2D eigenvalue weighted by Crippen LogP contribution is -2.45. The van der Waals surface area contributed by atoms with Crippen LogP contribution in [0, 0.1) is 0 Å². The van der Waals surface area contributed by atoms with Gasteiger partial charge in [0.1, 0.15) is 10.1 Å². The van der Waals surface area contributed by atoms with Crippen molar-refractivity contribution in [2.75, 3.05) is 33.2 Å². The molecule has 22 heavy (non-hydrogen) atoms. The van der Waals surface area contributed by atoms with Crippen LogP contribution >= 0.6 is 47.2 Å². The topological polar surface area (TPSA) is 35.2 Å². The zero-order valence-electron chi connectivity index (χ0n) is 12.1. The van der Waals surface area contributed by atoms with Gasteiger partial charge in [-0.25, -0.2) is 4.98 Å². The zero-order chi connectivity index (χ0) is 15.7. The average Bonchev–Trinajstić information content (AvgIpc) is 2.88. The molecule has 0 unspecified atom stereocenters. The van der Waals surface area contributed by atoms with Crippen LogP contribution in [0.1, 0.15) is 5.82 Å². The third-order valence-electron chi connectivity index (χ3n) is 3.67. The molecule has 1 aliphatic rings. The fourth-order valence-electron chi connectivity index (χ4n) is 2.34. The van der Waals surface area contributed by atoms with Crippen molar-refractivity contribution in [1.82, 2.24) is 19.8 Å². The highest BCUT2D eigenvalue weighted by Crippen LogP contribution is 2.27. The maximum absolute atomic E-state index is 6.02. The van der Waals surface area contributed by atoms with Gasteiger partial charge in [-0.2, -0.15) is 0 Å². The van der Waals surface area contributed by atoms with Crippen LogP contribution < -0.4 is 0 Å². The molecule has 8 heteroatoms. The molecule has 1 aromatic heterocycles. The Morgan fingerprint density at radius 2 is 1.95 bits per heavy atom. The molecule has 0 atom stereocenters. The van der Waals surface area contributed by atoms with Gasteiger partial charge in [0.05, 0.1) is 26.8 Å². The minimum absolute atomic E-state index is 0.521. The molecule has 1 saturated heterocycles. The molecule has 0 aliphatic carbocycles. The van der Waals surface area contributed by atoms with E-state index < -0.39 is 0 Å². The molecule has 0 amide bonds. The maximum atomic E-state index is 6.02. The fraction of sp³-hybridized carbons (Fsp3) is 0.429. The number of fused-ring (bicyclic) bond motifs is 1. The van der Waals surface area contributed by atoms with Crippen LogP contribution in [0.2, 0.25) is 10.0 Å². The molecule has 2 heterocycles. The van der Waals surface area contributed by atoms with Crippen molar-refractivity contribution in [3.8, 4) is 0 Å². The lowest BCUT2D eigenvalue weighted by Gasteiger charge is -2.33. The molecule has 1 N–H and O–H groups in total. The summed E-state index contributed by atoms with van der Waals surface area (Å²) in [6.07, 6.45) is 0. The number of thiocarbonyl (C=S) groups is 1. The molecule has 4 nitrogen and oxygen atoms in total. The number of nitrogens with zero attached hydrogens (tertiary/aromatic N) is 3. The second kappa shape index (κ2) is 6.93. The number of hydrogen-bond donors (Lipinski definition) is 1. The number of piperazine rings is 1. The molecule has 1 aromatic carbocycles. The van der Waals surface area contributed by atoms with E-state index in [1.165, 1.54) is 0 Å². The summed E-state index contributed by atoms with van der Waals surface area (Å²) < 4.78 is 0.935. The van der Waals surface area contributed by atoms with E-state index in [1.54, 1.807) is 23.9 Å². The molecule has 1 aliphatic heterocycles. The second-order valence-electron chi connectivity index (χ2n) is 5.31. The number of likely N-dealkylation sites (N-methyl/N-ethyl adjacent to an activating group) is 1. The minimum atomic E-state index is 0.521. The second-order valence-corrected chi connectivity index (χ2v) is 7.74. The third-order valence-corrected chi connectivity index (χ3v) is 5.92. The molecular weight excluding hydrogens is 359 g/mol. The average molecular weight is 375 g/mol. The van der Waals surface area contributed by atoms with E-state index in [2.05, 4.69) is 26.8 Å². The van der Waals surface area contributed by atoms with Crippen molar-refractivity contribution in [3.63, 3.8) is 0 Å². The van der Waals surface area contributed by atoms with Gasteiger partial charge in [-0.1, -0.05) is 47.2 Å². The summed E-state index contributed by atoms with van der Waals surface area (Å²) in [7, 11) is 2.14. The Balaban J connectivity index is 1.62. The summed E-state index contributed by atoms with van der Waals surface area (Å²) >= 11 is 19.2. The third kappa shape index (κ3) is 3.68. The lowest BCUT2D eigenvalue weighted by atomic mass is 10.3. The summed E-state index contributed by atoms with van der Waals surface area (Å²) in [5, 5.41) is 1.05. The number of hydrogen-bond acceptors (Lipinski definition) is 4. The Labute approximate surface area is 149 Å². The highest BCUT2D eigenvalue weighted by molar-refractivity contribution is 8.22. The quantitative estimate of drug-likeness (QED) is 0.811. The molecule has 1 fully saturated rings. The Bertz CT molecular complexity index is 656. The van der Waals surface area contributed by atoms with E-state index in [-0.39, 0.29) is 0 Å². The maximum Gasteiger partial charge on any atom is 0.136 e. The number of halogens is 2. The van der Waals surface area contributed by atoms with Crippen LogP contribution in [0.15, 0.2) is 12.1 Å². The normalized spacial score (nSPS) is 16.4. The van der Waals surface area contributed by atoms with Crippen molar-refractivity contribution in [2.24, 2.45) is 0 Å². The van der Waals surface area contributed by atoms with Crippen molar-refractivity contribution in [1.29, 1.82) is 0 Å². The smallest absolute Gasteiger partial charge is 0.136 e. The number of imidazole rings is 1. The van der Waals surface area contributed by atoms with E-state index in [1.807, 2.05) is 0 Å². The molecular formula is C14H16Cl2N4S2. The lowest BCUT2D eigenvalue weighted by molar-refractivity contribution is 0.220. The summed E-state index contributed by atoms with van der Waals surface area (Å²) in [4.78, 5) is 12.4. The van der Waals surface area contributed by atoms with E-state index in [0.717, 1.165) is 53.1 Å². The van der Waals surface area contributed by atoms with Crippen molar-refractivity contribution in [2.45, 2.75) is 5.75 Å². The highest BCUT2D eigenvalue weighted by atomic mass is 35.5. The first-order chi connectivity index (χ1) is 10.5. The van der Waals surface area contributed by atoms with Crippen LogP contribution in [0.25, 0.3) is 11.0 Å². The minimum Gasteiger partial charge on any atom is -0.355 e. The van der Waals surface area contributed by atoms with Gasteiger partial charge in [-0.05, 0) is 19.2 Å². The number of aromatic amines is 1. The fourth-order valence-corrected chi connectivity index (χ4v) is 3.78. The van der Waals surface area contributed by atoms with Crippen molar-refractivity contribution >= 4 is 62.5 Å². The summed E-state index contributed by atoms with van der Waals surface area (Å²) in [6, 6.07) is 3.59. The SMILES string of the molecule is CN1CCN(C(=S)SCc2nc3cc(Cl)c(Cl)cc3[nH]2)CC1. The summed E-state index contributed by atoms with van der Waals surface area (Å²) in [5.74, 6) is 1.60. The van der Waals surface area contributed by atoms with Crippen molar-refractivity contribution in [3.05, 3.63) is 28.0 Å². The van der Waals surface area contributed by atoms with Crippen LogP contribution in [-0.2, 0) is 5.75 Å². The number of thioether (sulfide) groups is 1. The molecule has 0 saturated carbocycles. The number of benzene rings is 1. The van der Waals surface area contributed by atoms with Gasteiger partial charge in [0.15, 0.2) is 0 Å². The predicted octanol–water partition coefficient (Wildman–Crippen LogP) is 3.64. The van der Waals surface area contributed by atoms with E-state index in [4.69, 9.17) is 35.4 Å². The summed E-state index contributed by atoms with van der Waals surface area (Å²) in [5.41, 5.74) is 1.73. The number of H-pyrrole nitrogens is 1. The number of rotatable bonds is 2. The van der Waals surface area contributed by atoms with E-state index in [9.17, 15) is 0 Å². The van der Waals surface area contributed by atoms with Gasteiger partial charge in [0.2, 0.25) is 0 Å². The number of aromatic nitrogens is 2. The predicted molar refractivity (Wildman–Crippen MR) is 99.1 cm³/mol. The zero-order valence-corrected chi connectivity index (χ0v) is 15.2. The van der Waals surface area contributed by atoms with Gasteiger partial charge in [0.25, 0.3) is 0 Å². The summed E-state index contributed by atoms with van der Waals surface area (Å²) in [6.45, 7) is 4.10. The first-order valence-electron chi connectivity index (χ1n) is 6.97. The molecule has 2 aromatic rings. The van der Waals surface area contributed by atoms with Crippen molar-refractivity contribution < 1.29 is 0 Å². The first-order valence-corrected chi connectivity index (χ1v) is 9.12. The largest absolute Gasteiger partial charge is 0.355 e. The standard InChI is InChI=1S/C14H16Cl2N4S2/c1-19-2-4-20(5-3-19)14(21)22-8-13-17-11-6-9(15)10(16)7-12(11)18-13/h6-7H,2-5,8H2,1H3,(H,17,18). The highest BCUT2D eigenvalue weighted by Gasteiger charge is 2.17. The Kier molecular flexibility index (Phi) is 5.14. The van der Waals surface area contributed by atoms with Gasteiger partial charge in [0, 0.05) is 26.2 Å². The first kappa shape index (κ1) is 16.3. The Morgan fingerprint density at radius 3 is 2.68 bits per heavy atom. The monoisotopic (exact) mass is 374 g/mol. The van der Waals surface area contributed by atoms with Crippen LogP contribution in [0.5, 0.6) is 0 Å².